The van der Waals surface area contributed by atoms with E-state index >= 15 is 0 Å². The molecule has 2 aliphatic rings. The van der Waals surface area contributed by atoms with Gasteiger partial charge in [-0.2, -0.15) is 0 Å². The second-order valence-corrected chi connectivity index (χ2v) is 4.68. The Kier molecular flexibility index (Phi) is 1.29. The van der Waals surface area contributed by atoms with Gasteiger partial charge in [0.25, 0.3) is 0 Å². The highest BCUT2D eigenvalue weighted by Gasteiger charge is 2.50. The van der Waals surface area contributed by atoms with Gasteiger partial charge in [0.2, 0.25) is 0 Å². The summed E-state index contributed by atoms with van der Waals surface area (Å²) in [5.74, 6) is 0. The van der Waals surface area contributed by atoms with Crippen molar-refractivity contribution >= 4 is 11.4 Å². The Labute approximate surface area is 88.7 Å². The topological polar surface area (TPSA) is 61.3 Å². The van der Waals surface area contributed by atoms with E-state index in [1.54, 1.807) is 0 Å². The van der Waals surface area contributed by atoms with Crippen LogP contribution in [-0.2, 0) is 15.9 Å². The fourth-order valence-electron chi connectivity index (χ4n) is 2.57. The van der Waals surface area contributed by atoms with Crippen molar-refractivity contribution < 1.29 is 4.74 Å². The molecule has 0 spiro atoms. The molecule has 0 saturated heterocycles. The quantitative estimate of drug-likeness (QED) is 0.499. The molecule has 3 rings (SSSR count). The number of rotatable bonds is 0. The number of hydrogen-bond acceptors (Lipinski definition) is 3. The van der Waals surface area contributed by atoms with Crippen LogP contribution in [0.5, 0.6) is 0 Å². The molecular formula is C12H14N2O. The van der Waals surface area contributed by atoms with Crippen molar-refractivity contribution in [3.8, 4) is 0 Å². The summed E-state index contributed by atoms with van der Waals surface area (Å²) in [5, 5.41) is 0. The number of nitrogen functional groups attached to an aromatic ring is 2. The monoisotopic (exact) mass is 202 g/mol. The Bertz CT molecular complexity index is 452. The molecule has 0 saturated carbocycles. The van der Waals surface area contributed by atoms with Crippen LogP contribution in [-0.4, -0.2) is 0 Å². The third-order valence-electron chi connectivity index (χ3n) is 3.44. The van der Waals surface area contributed by atoms with Gasteiger partial charge in [0.1, 0.15) is 11.2 Å². The third kappa shape index (κ3) is 0.887. The van der Waals surface area contributed by atoms with Gasteiger partial charge >= 0.3 is 0 Å². The van der Waals surface area contributed by atoms with Gasteiger partial charge in [0.15, 0.2) is 0 Å². The maximum atomic E-state index is 6.01. The van der Waals surface area contributed by atoms with E-state index in [2.05, 4.69) is 26.0 Å². The Morgan fingerprint density at radius 2 is 1.33 bits per heavy atom. The summed E-state index contributed by atoms with van der Waals surface area (Å²) >= 11 is 0. The Balaban J connectivity index is 2.34. The zero-order valence-electron chi connectivity index (χ0n) is 8.87. The van der Waals surface area contributed by atoms with E-state index in [4.69, 9.17) is 16.2 Å². The minimum Gasteiger partial charge on any atom is -0.397 e. The molecule has 15 heavy (non-hydrogen) atoms. The standard InChI is InChI=1S/C12H14N2O/c1-11-3-4-12(2,15-11)8-6-10(14)9(13)5-7(8)11/h3-6H,13-14H2,1-2H3. The zero-order chi connectivity index (χ0) is 10.8. The maximum absolute atomic E-state index is 6.01. The first kappa shape index (κ1) is 8.80. The Morgan fingerprint density at radius 3 is 1.73 bits per heavy atom. The minimum absolute atomic E-state index is 0.327. The highest BCUT2D eigenvalue weighted by atomic mass is 16.5. The lowest BCUT2D eigenvalue weighted by molar-refractivity contribution is -0.0495. The second-order valence-electron chi connectivity index (χ2n) is 4.68. The van der Waals surface area contributed by atoms with Crippen molar-refractivity contribution in [1.82, 2.24) is 0 Å². The number of ether oxygens (including phenoxy) is 1. The van der Waals surface area contributed by atoms with Gasteiger partial charge in [-0.1, -0.05) is 0 Å². The van der Waals surface area contributed by atoms with Gasteiger partial charge in [-0.25, -0.2) is 0 Å². The van der Waals surface area contributed by atoms with Crippen LogP contribution in [0.15, 0.2) is 24.3 Å². The van der Waals surface area contributed by atoms with Crippen LogP contribution in [0.3, 0.4) is 0 Å². The summed E-state index contributed by atoms with van der Waals surface area (Å²) in [6.45, 7) is 4.10. The van der Waals surface area contributed by atoms with Crippen LogP contribution >= 0.6 is 0 Å². The smallest absolute Gasteiger partial charge is 0.111 e. The number of anilines is 2. The molecule has 0 radical (unpaired) electrons. The predicted octanol–water partition coefficient (Wildman–Crippen LogP) is 1.88. The number of nitrogens with two attached hydrogens (primary N) is 2. The molecular weight excluding hydrogens is 188 g/mol. The molecule has 1 aromatic carbocycles. The average molecular weight is 202 g/mol. The number of fused-ring (bicyclic) bond motifs is 5. The van der Waals surface area contributed by atoms with Crippen molar-refractivity contribution in [2.75, 3.05) is 11.5 Å². The molecule has 3 heteroatoms. The molecule has 78 valence electrons. The largest absolute Gasteiger partial charge is 0.397 e. The lowest BCUT2D eigenvalue weighted by Crippen LogP contribution is -2.17. The molecule has 1 aromatic rings. The van der Waals surface area contributed by atoms with Crippen molar-refractivity contribution in [2.24, 2.45) is 0 Å². The van der Waals surface area contributed by atoms with E-state index in [0.29, 0.717) is 11.4 Å². The first-order valence-corrected chi connectivity index (χ1v) is 5.05. The van der Waals surface area contributed by atoms with Gasteiger partial charge in [-0.3, -0.25) is 0 Å². The van der Waals surface area contributed by atoms with E-state index < -0.39 is 0 Å². The average Bonchev–Trinajstić information content (AvgIpc) is 2.57. The molecule has 0 aromatic heterocycles. The van der Waals surface area contributed by atoms with Crippen LogP contribution in [0.4, 0.5) is 11.4 Å². The van der Waals surface area contributed by atoms with Crippen LogP contribution in [0.2, 0.25) is 0 Å². The first-order valence-electron chi connectivity index (χ1n) is 5.05. The van der Waals surface area contributed by atoms with E-state index in [9.17, 15) is 0 Å². The molecule has 0 fully saturated rings. The summed E-state index contributed by atoms with van der Waals surface area (Å²) in [4.78, 5) is 0. The van der Waals surface area contributed by atoms with E-state index in [0.717, 1.165) is 11.1 Å². The fraction of sp³-hybridized carbons (Fsp3) is 0.333. The van der Waals surface area contributed by atoms with Crippen molar-refractivity contribution in [2.45, 2.75) is 25.0 Å². The molecule has 0 amide bonds. The summed E-state index contributed by atoms with van der Waals surface area (Å²) in [7, 11) is 0. The molecule has 2 bridgehead atoms. The highest BCUT2D eigenvalue weighted by molar-refractivity contribution is 5.69. The van der Waals surface area contributed by atoms with E-state index in [-0.39, 0.29) is 11.2 Å². The van der Waals surface area contributed by atoms with E-state index in [1.165, 1.54) is 0 Å². The van der Waals surface area contributed by atoms with Crippen LogP contribution in [0, 0.1) is 0 Å². The molecule has 2 unspecified atom stereocenters. The molecule has 0 aliphatic carbocycles. The SMILES string of the molecule is CC12C=CC(C)(O1)c1cc(N)c(N)cc12. The van der Waals surface area contributed by atoms with E-state index in [1.807, 2.05) is 12.1 Å². The van der Waals surface area contributed by atoms with Crippen molar-refractivity contribution in [1.29, 1.82) is 0 Å². The van der Waals surface area contributed by atoms with Gasteiger partial charge < -0.3 is 16.2 Å². The summed E-state index contributed by atoms with van der Waals surface area (Å²) < 4.78 is 6.01. The summed E-state index contributed by atoms with van der Waals surface area (Å²) in [6.07, 6.45) is 4.18. The molecule has 2 aliphatic heterocycles. The zero-order valence-corrected chi connectivity index (χ0v) is 8.87. The second kappa shape index (κ2) is 2.19. The minimum atomic E-state index is -0.327. The summed E-state index contributed by atoms with van der Waals surface area (Å²) in [5.41, 5.74) is 14.5. The lowest BCUT2D eigenvalue weighted by atomic mass is 9.83. The van der Waals surface area contributed by atoms with Crippen molar-refractivity contribution in [3.05, 3.63) is 35.4 Å². The van der Waals surface area contributed by atoms with Gasteiger partial charge in [0, 0.05) is 0 Å². The Hall–Kier alpha value is -1.48. The normalized spacial score (nSPS) is 35.9. The molecule has 3 nitrogen and oxygen atoms in total. The third-order valence-corrected chi connectivity index (χ3v) is 3.44. The lowest BCUT2D eigenvalue weighted by Gasteiger charge is -2.18. The number of hydrogen-bond donors (Lipinski definition) is 2. The maximum Gasteiger partial charge on any atom is 0.111 e. The van der Waals surface area contributed by atoms with Crippen LogP contribution < -0.4 is 11.5 Å². The fourth-order valence-corrected chi connectivity index (χ4v) is 2.57. The Morgan fingerprint density at radius 1 is 0.933 bits per heavy atom. The summed E-state index contributed by atoms with van der Waals surface area (Å²) in [6, 6.07) is 3.86. The van der Waals surface area contributed by atoms with Crippen LogP contribution in [0.1, 0.15) is 25.0 Å². The number of benzene rings is 1. The van der Waals surface area contributed by atoms with Gasteiger partial charge in [-0.05, 0) is 49.3 Å². The molecule has 2 atom stereocenters. The first-order chi connectivity index (χ1) is 6.95. The van der Waals surface area contributed by atoms with Gasteiger partial charge in [0.05, 0.1) is 11.4 Å². The van der Waals surface area contributed by atoms with Crippen molar-refractivity contribution in [3.63, 3.8) is 0 Å². The predicted molar refractivity (Wildman–Crippen MR) is 60.2 cm³/mol. The van der Waals surface area contributed by atoms with Gasteiger partial charge in [-0.15, -0.1) is 0 Å². The van der Waals surface area contributed by atoms with Crippen LogP contribution in [0.25, 0.3) is 0 Å². The highest BCUT2D eigenvalue weighted by Crippen LogP contribution is 2.54. The molecule has 4 N–H and O–H groups in total. The molecule has 2 heterocycles.